The highest BCUT2D eigenvalue weighted by atomic mass is 19.4. The number of rotatable bonds is 2. The summed E-state index contributed by atoms with van der Waals surface area (Å²) in [4.78, 5) is 18.2. The Balaban J connectivity index is 1.76. The topological polar surface area (TPSA) is 68.4 Å². The Hall–Kier alpha value is -2.75. The summed E-state index contributed by atoms with van der Waals surface area (Å²) in [6, 6.07) is 1.76. The van der Waals surface area contributed by atoms with Crippen LogP contribution in [-0.2, 0) is 10.9 Å². The van der Waals surface area contributed by atoms with Gasteiger partial charge in [0.2, 0.25) is 0 Å². The van der Waals surface area contributed by atoms with E-state index in [1.807, 2.05) is 4.90 Å². The highest BCUT2D eigenvalue weighted by Crippen LogP contribution is 2.28. The molecule has 1 saturated heterocycles. The minimum absolute atomic E-state index is 0.295. The van der Waals surface area contributed by atoms with Crippen LogP contribution in [0.15, 0.2) is 30.9 Å². The van der Waals surface area contributed by atoms with Crippen molar-refractivity contribution >= 4 is 11.5 Å². The third kappa shape index (κ3) is 3.00. The summed E-state index contributed by atoms with van der Waals surface area (Å²) in [5, 5.41) is 0. The second-order valence-corrected chi connectivity index (χ2v) is 5.48. The number of aromatic nitrogens is 5. The number of halogens is 3. The van der Waals surface area contributed by atoms with Crippen molar-refractivity contribution in [3.8, 4) is 11.5 Å². The molecule has 7 nitrogen and oxygen atoms in total. The fourth-order valence-corrected chi connectivity index (χ4v) is 2.64. The number of fused-ring (bicyclic) bond motifs is 1. The van der Waals surface area contributed by atoms with Gasteiger partial charge < -0.3 is 9.64 Å². The van der Waals surface area contributed by atoms with Crippen LogP contribution in [0.25, 0.3) is 17.2 Å². The Bertz CT molecular complexity index is 904. The molecule has 3 aromatic heterocycles. The van der Waals surface area contributed by atoms with Crippen LogP contribution in [0.2, 0.25) is 0 Å². The molecular formula is C15H13F3N6O. The first kappa shape index (κ1) is 15.8. The third-order valence-electron chi connectivity index (χ3n) is 3.89. The van der Waals surface area contributed by atoms with E-state index in [1.54, 1.807) is 12.3 Å². The van der Waals surface area contributed by atoms with Crippen LogP contribution in [-0.4, -0.2) is 50.6 Å². The van der Waals surface area contributed by atoms with E-state index >= 15 is 0 Å². The van der Waals surface area contributed by atoms with Crippen LogP contribution in [0.3, 0.4) is 0 Å². The van der Waals surface area contributed by atoms with Gasteiger partial charge in [0.15, 0.2) is 17.2 Å². The van der Waals surface area contributed by atoms with E-state index in [0.717, 1.165) is 12.4 Å². The summed E-state index contributed by atoms with van der Waals surface area (Å²) in [5.41, 5.74) is -0.329. The molecule has 4 rings (SSSR count). The van der Waals surface area contributed by atoms with E-state index in [0.29, 0.717) is 49.3 Å². The maximum Gasteiger partial charge on any atom is 0.434 e. The Morgan fingerprint density at radius 3 is 2.60 bits per heavy atom. The third-order valence-corrected chi connectivity index (χ3v) is 3.89. The Morgan fingerprint density at radius 2 is 1.84 bits per heavy atom. The number of nitrogens with zero attached hydrogens (tertiary/aromatic N) is 6. The van der Waals surface area contributed by atoms with Crippen LogP contribution in [0, 0.1) is 0 Å². The van der Waals surface area contributed by atoms with Crippen molar-refractivity contribution < 1.29 is 17.9 Å². The van der Waals surface area contributed by atoms with Gasteiger partial charge in [-0.2, -0.15) is 13.2 Å². The average molecular weight is 350 g/mol. The van der Waals surface area contributed by atoms with Crippen molar-refractivity contribution in [3.05, 3.63) is 36.5 Å². The monoisotopic (exact) mass is 350 g/mol. The minimum Gasteiger partial charge on any atom is -0.378 e. The van der Waals surface area contributed by atoms with E-state index < -0.39 is 11.9 Å². The zero-order valence-electron chi connectivity index (χ0n) is 12.9. The van der Waals surface area contributed by atoms with Gasteiger partial charge in [-0.25, -0.2) is 19.9 Å². The molecule has 1 fully saturated rings. The molecular weight excluding hydrogens is 337 g/mol. The summed E-state index contributed by atoms with van der Waals surface area (Å²) < 4.78 is 45.4. The molecule has 25 heavy (non-hydrogen) atoms. The Morgan fingerprint density at radius 1 is 1.04 bits per heavy atom. The number of hydrogen-bond acceptors (Lipinski definition) is 6. The zero-order chi connectivity index (χ0) is 17.4. The molecule has 1 aliphatic heterocycles. The molecule has 0 aliphatic carbocycles. The van der Waals surface area contributed by atoms with Gasteiger partial charge in [0.05, 0.1) is 25.6 Å². The van der Waals surface area contributed by atoms with Crippen molar-refractivity contribution in [2.75, 3.05) is 31.2 Å². The van der Waals surface area contributed by atoms with Crippen LogP contribution in [0.5, 0.6) is 0 Å². The van der Waals surface area contributed by atoms with Crippen LogP contribution in [0.1, 0.15) is 5.69 Å². The van der Waals surface area contributed by atoms with Gasteiger partial charge in [0, 0.05) is 25.5 Å². The van der Waals surface area contributed by atoms with Gasteiger partial charge in [0.25, 0.3) is 0 Å². The number of morpholine rings is 1. The van der Waals surface area contributed by atoms with Gasteiger partial charge in [-0.3, -0.25) is 4.40 Å². The summed E-state index contributed by atoms with van der Waals surface area (Å²) in [6.45, 7) is 2.61. The van der Waals surface area contributed by atoms with Crippen molar-refractivity contribution in [2.45, 2.75) is 6.18 Å². The van der Waals surface area contributed by atoms with E-state index in [4.69, 9.17) is 4.74 Å². The van der Waals surface area contributed by atoms with E-state index in [2.05, 4.69) is 19.9 Å². The minimum atomic E-state index is -4.54. The maximum atomic E-state index is 12.9. The van der Waals surface area contributed by atoms with Crippen LogP contribution >= 0.6 is 0 Å². The number of hydrogen-bond donors (Lipinski definition) is 0. The van der Waals surface area contributed by atoms with Crippen LogP contribution < -0.4 is 4.90 Å². The molecule has 0 saturated carbocycles. The lowest BCUT2D eigenvalue weighted by Crippen LogP contribution is -2.36. The van der Waals surface area contributed by atoms with Gasteiger partial charge in [-0.1, -0.05) is 0 Å². The molecule has 130 valence electrons. The first-order valence-corrected chi connectivity index (χ1v) is 7.59. The highest BCUT2D eigenvalue weighted by Gasteiger charge is 2.33. The summed E-state index contributed by atoms with van der Waals surface area (Å²) in [7, 11) is 0. The van der Waals surface area contributed by atoms with E-state index in [9.17, 15) is 13.2 Å². The molecule has 3 aromatic rings. The Labute approximate surface area is 140 Å². The first-order valence-electron chi connectivity index (χ1n) is 7.59. The SMILES string of the molecule is FC(F)(F)c1cn2c(-c3nccc(N4CCOCC4)n3)cnc2cn1. The predicted molar refractivity (Wildman–Crippen MR) is 82.0 cm³/mol. The average Bonchev–Trinajstić information content (AvgIpc) is 3.05. The molecule has 0 spiro atoms. The first-order chi connectivity index (χ1) is 12.0. The molecule has 0 atom stereocenters. The molecule has 0 unspecified atom stereocenters. The molecule has 0 amide bonds. The van der Waals surface area contributed by atoms with Gasteiger partial charge in [-0.05, 0) is 6.07 Å². The van der Waals surface area contributed by atoms with Crippen molar-refractivity contribution in [1.29, 1.82) is 0 Å². The maximum absolute atomic E-state index is 12.9. The molecule has 0 radical (unpaired) electrons. The molecule has 0 N–H and O–H groups in total. The highest BCUT2D eigenvalue weighted by molar-refractivity contribution is 5.58. The molecule has 4 heterocycles. The number of alkyl halides is 3. The lowest BCUT2D eigenvalue weighted by Gasteiger charge is -2.27. The fraction of sp³-hybridized carbons (Fsp3) is 0.333. The van der Waals surface area contributed by atoms with E-state index in [1.165, 1.54) is 10.6 Å². The number of ether oxygens (including phenoxy) is 1. The van der Waals surface area contributed by atoms with Gasteiger partial charge in [0.1, 0.15) is 11.5 Å². The quantitative estimate of drug-likeness (QED) is 0.705. The standard InChI is InChI=1S/C15H13F3N6O/c16-15(17,18)11-9-24-10(7-21-13(24)8-20-11)14-19-2-1-12(22-14)23-3-5-25-6-4-23/h1-2,7-9H,3-6H2. The van der Waals surface area contributed by atoms with Crippen molar-refractivity contribution in [2.24, 2.45) is 0 Å². The zero-order valence-corrected chi connectivity index (χ0v) is 12.9. The number of imidazole rings is 1. The van der Waals surface area contributed by atoms with Crippen molar-refractivity contribution in [3.63, 3.8) is 0 Å². The van der Waals surface area contributed by atoms with Crippen molar-refractivity contribution in [1.82, 2.24) is 24.3 Å². The van der Waals surface area contributed by atoms with Gasteiger partial charge >= 0.3 is 6.18 Å². The lowest BCUT2D eigenvalue weighted by atomic mass is 10.3. The normalized spacial score (nSPS) is 15.7. The van der Waals surface area contributed by atoms with Gasteiger partial charge in [-0.15, -0.1) is 0 Å². The molecule has 0 bridgehead atoms. The molecule has 1 aliphatic rings. The number of anilines is 1. The Kier molecular flexibility index (Phi) is 3.75. The fourth-order valence-electron chi connectivity index (χ4n) is 2.64. The van der Waals surface area contributed by atoms with Crippen LogP contribution in [0.4, 0.5) is 19.0 Å². The predicted octanol–water partition coefficient (Wildman–Crippen LogP) is 2.04. The summed E-state index contributed by atoms with van der Waals surface area (Å²) in [6.07, 6.45) is 0.473. The molecule has 10 heteroatoms. The summed E-state index contributed by atoms with van der Waals surface area (Å²) >= 11 is 0. The van der Waals surface area contributed by atoms with E-state index in [-0.39, 0.29) is 0 Å². The molecule has 0 aromatic carbocycles. The second kappa shape index (κ2) is 5.96. The largest absolute Gasteiger partial charge is 0.434 e. The second-order valence-electron chi connectivity index (χ2n) is 5.48. The smallest absolute Gasteiger partial charge is 0.378 e. The summed E-state index contributed by atoms with van der Waals surface area (Å²) in [5.74, 6) is 1.00. The lowest BCUT2D eigenvalue weighted by molar-refractivity contribution is -0.141.